The minimum Gasteiger partial charge on any atom is -0.342 e. The molecule has 1 saturated heterocycles. The zero-order valence-corrected chi connectivity index (χ0v) is 9.49. The number of ketones is 1. The number of piperidine rings is 1. The fourth-order valence-electron chi connectivity index (χ4n) is 1.95. The van der Waals surface area contributed by atoms with Gasteiger partial charge in [-0.05, 0) is 24.1 Å². The maximum absolute atomic E-state index is 12.9. The highest BCUT2D eigenvalue weighted by molar-refractivity contribution is 6.00. The minimum atomic E-state index is -0.261. The van der Waals surface area contributed by atoms with Crippen LogP contribution in [0, 0.1) is 5.82 Å². The van der Waals surface area contributed by atoms with Gasteiger partial charge < -0.3 is 4.90 Å². The number of halogens is 1. The van der Waals surface area contributed by atoms with E-state index in [0.29, 0.717) is 25.9 Å². The molecule has 2 rings (SSSR count). The van der Waals surface area contributed by atoms with Crippen LogP contribution in [0.25, 0.3) is 0 Å². The van der Waals surface area contributed by atoms with Crippen molar-refractivity contribution in [3.05, 3.63) is 35.6 Å². The van der Waals surface area contributed by atoms with Gasteiger partial charge in [-0.25, -0.2) is 4.39 Å². The van der Waals surface area contributed by atoms with Crippen molar-refractivity contribution in [2.75, 3.05) is 13.1 Å². The summed E-state index contributed by atoms with van der Waals surface area (Å²) in [5, 5.41) is 0. The normalized spacial score (nSPS) is 16.4. The molecule has 1 amide bonds. The molecule has 1 aromatic rings. The first-order valence-corrected chi connectivity index (χ1v) is 5.69. The molecule has 1 fully saturated rings. The molecule has 0 radical (unpaired) electrons. The standard InChI is InChI=1S/C13H14FNO2/c14-11-3-1-2-10(8-11)4-6-15-7-5-12(16)9-13(15)17/h1-3,8H,4-7,9H2. The van der Waals surface area contributed by atoms with Crippen LogP contribution >= 0.6 is 0 Å². The number of rotatable bonds is 3. The molecule has 0 spiro atoms. The van der Waals surface area contributed by atoms with Gasteiger partial charge in [0.1, 0.15) is 11.6 Å². The molecule has 0 N–H and O–H groups in total. The molecule has 90 valence electrons. The Hall–Kier alpha value is -1.71. The Labute approximate surface area is 99.2 Å². The summed E-state index contributed by atoms with van der Waals surface area (Å²) in [5.41, 5.74) is 0.870. The van der Waals surface area contributed by atoms with Gasteiger partial charge in [0.05, 0.1) is 6.42 Å². The first-order valence-electron chi connectivity index (χ1n) is 5.69. The van der Waals surface area contributed by atoms with Crippen LogP contribution in [-0.2, 0) is 16.0 Å². The number of carbonyl (C=O) groups is 2. The van der Waals surface area contributed by atoms with Crippen molar-refractivity contribution in [2.45, 2.75) is 19.3 Å². The Morgan fingerprint density at radius 1 is 1.29 bits per heavy atom. The zero-order valence-electron chi connectivity index (χ0n) is 9.49. The second-order valence-corrected chi connectivity index (χ2v) is 4.23. The maximum atomic E-state index is 12.9. The maximum Gasteiger partial charge on any atom is 0.230 e. The lowest BCUT2D eigenvalue weighted by Gasteiger charge is -2.26. The third-order valence-corrected chi connectivity index (χ3v) is 2.92. The van der Waals surface area contributed by atoms with Crippen molar-refractivity contribution in [1.82, 2.24) is 4.90 Å². The highest BCUT2D eigenvalue weighted by Crippen LogP contribution is 2.10. The Balaban J connectivity index is 1.90. The van der Waals surface area contributed by atoms with Gasteiger partial charge in [0.25, 0.3) is 0 Å². The van der Waals surface area contributed by atoms with Crippen LogP contribution in [0.5, 0.6) is 0 Å². The number of hydrogen-bond donors (Lipinski definition) is 0. The molecule has 17 heavy (non-hydrogen) atoms. The molecular weight excluding hydrogens is 221 g/mol. The van der Waals surface area contributed by atoms with Crippen molar-refractivity contribution in [3.8, 4) is 0 Å². The summed E-state index contributed by atoms with van der Waals surface area (Å²) in [4.78, 5) is 24.2. The number of Topliss-reactive ketones (excluding diaryl/α,β-unsaturated/α-hetero) is 1. The van der Waals surface area contributed by atoms with Gasteiger partial charge in [-0.2, -0.15) is 0 Å². The quantitative estimate of drug-likeness (QED) is 0.745. The molecule has 0 atom stereocenters. The second-order valence-electron chi connectivity index (χ2n) is 4.23. The number of amides is 1. The predicted molar refractivity (Wildman–Crippen MR) is 60.9 cm³/mol. The highest BCUT2D eigenvalue weighted by Gasteiger charge is 2.22. The first-order chi connectivity index (χ1) is 8.15. The third-order valence-electron chi connectivity index (χ3n) is 2.92. The van der Waals surface area contributed by atoms with Crippen molar-refractivity contribution in [1.29, 1.82) is 0 Å². The van der Waals surface area contributed by atoms with Crippen molar-refractivity contribution >= 4 is 11.7 Å². The molecule has 4 heteroatoms. The molecule has 3 nitrogen and oxygen atoms in total. The van der Waals surface area contributed by atoms with E-state index in [1.54, 1.807) is 11.0 Å². The Bertz CT molecular complexity index is 445. The number of carbonyl (C=O) groups excluding carboxylic acids is 2. The molecule has 1 aliphatic heterocycles. The molecule has 0 unspecified atom stereocenters. The van der Waals surface area contributed by atoms with E-state index in [2.05, 4.69) is 0 Å². The van der Waals surface area contributed by atoms with E-state index in [-0.39, 0.29) is 23.9 Å². The number of benzene rings is 1. The smallest absolute Gasteiger partial charge is 0.230 e. The fourth-order valence-corrected chi connectivity index (χ4v) is 1.95. The molecule has 0 bridgehead atoms. The first kappa shape index (κ1) is 11.8. The number of hydrogen-bond acceptors (Lipinski definition) is 2. The van der Waals surface area contributed by atoms with Gasteiger partial charge >= 0.3 is 0 Å². The van der Waals surface area contributed by atoms with E-state index in [1.807, 2.05) is 6.07 Å². The number of likely N-dealkylation sites (tertiary alicyclic amines) is 1. The summed E-state index contributed by atoms with van der Waals surface area (Å²) >= 11 is 0. The fraction of sp³-hybridized carbons (Fsp3) is 0.385. The van der Waals surface area contributed by atoms with E-state index in [0.717, 1.165) is 5.56 Å². The molecule has 1 aromatic carbocycles. The van der Waals surface area contributed by atoms with Gasteiger partial charge in [0.15, 0.2) is 0 Å². The van der Waals surface area contributed by atoms with E-state index in [9.17, 15) is 14.0 Å². The Morgan fingerprint density at radius 2 is 2.12 bits per heavy atom. The Kier molecular flexibility index (Phi) is 3.52. The summed E-state index contributed by atoms with van der Waals surface area (Å²) in [6.45, 7) is 1.04. The van der Waals surface area contributed by atoms with Crippen molar-refractivity contribution in [2.24, 2.45) is 0 Å². The second kappa shape index (κ2) is 5.08. The van der Waals surface area contributed by atoms with Crippen molar-refractivity contribution < 1.29 is 14.0 Å². The van der Waals surface area contributed by atoms with Gasteiger partial charge in [-0.1, -0.05) is 12.1 Å². The van der Waals surface area contributed by atoms with Gasteiger partial charge in [-0.15, -0.1) is 0 Å². The van der Waals surface area contributed by atoms with Crippen LogP contribution < -0.4 is 0 Å². The van der Waals surface area contributed by atoms with Crippen molar-refractivity contribution in [3.63, 3.8) is 0 Å². The average Bonchev–Trinajstić information content (AvgIpc) is 2.28. The minimum absolute atomic E-state index is 0.0111. The van der Waals surface area contributed by atoms with E-state index >= 15 is 0 Å². The third kappa shape index (κ3) is 3.12. The molecule has 0 saturated carbocycles. The van der Waals surface area contributed by atoms with Crippen LogP contribution in [0.3, 0.4) is 0 Å². The molecule has 0 aliphatic carbocycles. The van der Waals surface area contributed by atoms with Crippen LogP contribution in [-0.4, -0.2) is 29.7 Å². The van der Waals surface area contributed by atoms with Crippen LogP contribution in [0.4, 0.5) is 4.39 Å². The van der Waals surface area contributed by atoms with E-state index in [4.69, 9.17) is 0 Å². The average molecular weight is 235 g/mol. The van der Waals surface area contributed by atoms with Crippen LogP contribution in [0.2, 0.25) is 0 Å². The lowest BCUT2D eigenvalue weighted by molar-refractivity contribution is -0.139. The van der Waals surface area contributed by atoms with Gasteiger partial charge in [-0.3, -0.25) is 9.59 Å². The summed E-state index contributed by atoms with van der Waals surface area (Å²) in [6.07, 6.45) is 1.08. The highest BCUT2D eigenvalue weighted by atomic mass is 19.1. The summed E-state index contributed by atoms with van der Waals surface area (Å²) in [7, 11) is 0. The van der Waals surface area contributed by atoms with E-state index < -0.39 is 0 Å². The van der Waals surface area contributed by atoms with Gasteiger partial charge in [0.2, 0.25) is 5.91 Å². The summed E-state index contributed by atoms with van der Waals surface area (Å²) < 4.78 is 12.9. The largest absolute Gasteiger partial charge is 0.342 e. The molecule has 1 aliphatic rings. The van der Waals surface area contributed by atoms with Crippen LogP contribution in [0.15, 0.2) is 24.3 Å². The molecule has 1 heterocycles. The summed E-state index contributed by atoms with van der Waals surface area (Å²) in [6, 6.07) is 6.36. The monoisotopic (exact) mass is 235 g/mol. The zero-order chi connectivity index (χ0) is 12.3. The SMILES string of the molecule is O=C1CCN(CCc2cccc(F)c2)C(=O)C1. The van der Waals surface area contributed by atoms with Gasteiger partial charge in [0, 0.05) is 19.5 Å². The Morgan fingerprint density at radius 3 is 2.82 bits per heavy atom. The molecule has 0 aromatic heterocycles. The lowest BCUT2D eigenvalue weighted by atomic mass is 10.1. The topological polar surface area (TPSA) is 37.4 Å². The summed E-state index contributed by atoms with van der Waals surface area (Å²) in [5.74, 6) is -0.364. The molecular formula is C13H14FNO2. The predicted octanol–water partition coefficient (Wildman–Crippen LogP) is 1.56. The lowest BCUT2D eigenvalue weighted by Crippen LogP contribution is -2.40. The van der Waals surface area contributed by atoms with E-state index in [1.165, 1.54) is 12.1 Å². The van der Waals surface area contributed by atoms with Crippen LogP contribution in [0.1, 0.15) is 18.4 Å². The number of nitrogens with zero attached hydrogens (tertiary/aromatic N) is 1.